The highest BCUT2D eigenvalue weighted by molar-refractivity contribution is 6.31. The molecule has 1 atom stereocenters. The van der Waals surface area contributed by atoms with Crippen molar-refractivity contribution in [1.82, 2.24) is 5.32 Å². The molecule has 102 valence electrons. The predicted octanol–water partition coefficient (Wildman–Crippen LogP) is 2.66. The van der Waals surface area contributed by atoms with Gasteiger partial charge in [0.2, 0.25) is 0 Å². The van der Waals surface area contributed by atoms with E-state index in [1.165, 1.54) is 0 Å². The second-order valence-electron chi connectivity index (χ2n) is 4.62. The van der Waals surface area contributed by atoms with Crippen molar-refractivity contribution in [1.29, 1.82) is 0 Å². The first-order valence-corrected chi connectivity index (χ1v) is 6.80. The van der Waals surface area contributed by atoms with E-state index in [1.54, 1.807) is 6.92 Å². The van der Waals surface area contributed by atoms with Crippen LogP contribution < -0.4 is 10.2 Å². The molecule has 1 aromatic rings. The molecule has 3 nitrogen and oxygen atoms in total. The topological polar surface area (TPSA) is 35.5 Å². The van der Waals surface area contributed by atoms with Crippen molar-refractivity contribution in [2.45, 2.75) is 32.9 Å². The Hall–Kier alpha value is -0.770. The highest BCUT2D eigenvalue weighted by atomic mass is 35.5. The molecule has 1 aromatic carbocycles. The summed E-state index contributed by atoms with van der Waals surface area (Å²) < 4.78 is 0. The van der Waals surface area contributed by atoms with Crippen molar-refractivity contribution in [3.63, 3.8) is 0 Å². The second kappa shape index (κ2) is 7.62. The maximum atomic E-state index is 9.28. The number of aliphatic hydroxyl groups is 1. The Morgan fingerprint density at radius 1 is 1.44 bits per heavy atom. The number of aliphatic hydroxyl groups excluding tert-OH is 1. The molecule has 0 aromatic heterocycles. The van der Waals surface area contributed by atoms with Crippen molar-refractivity contribution in [3.05, 3.63) is 28.8 Å². The van der Waals surface area contributed by atoms with E-state index in [9.17, 15) is 5.11 Å². The van der Waals surface area contributed by atoms with Crippen LogP contribution in [0.3, 0.4) is 0 Å². The molecule has 1 unspecified atom stereocenters. The fourth-order valence-electron chi connectivity index (χ4n) is 1.69. The Labute approximate surface area is 115 Å². The number of anilines is 1. The summed E-state index contributed by atoms with van der Waals surface area (Å²) in [5, 5.41) is 13.3. The average Bonchev–Trinajstić information content (AvgIpc) is 2.34. The van der Waals surface area contributed by atoms with Gasteiger partial charge in [-0.05, 0) is 37.6 Å². The number of nitrogens with one attached hydrogen (secondary N) is 1. The highest BCUT2D eigenvalue weighted by Crippen LogP contribution is 2.23. The molecule has 2 N–H and O–H groups in total. The van der Waals surface area contributed by atoms with Crippen LogP contribution in [0, 0.1) is 0 Å². The van der Waals surface area contributed by atoms with Gasteiger partial charge in [-0.2, -0.15) is 0 Å². The van der Waals surface area contributed by atoms with Gasteiger partial charge in [0.25, 0.3) is 0 Å². The fraction of sp³-hybridized carbons (Fsp3) is 0.571. The van der Waals surface area contributed by atoms with Gasteiger partial charge < -0.3 is 15.3 Å². The molecule has 1 rings (SSSR count). The standard InChI is InChI=1S/C14H23ClN2O/c1-4-16-10-12-5-6-13(9-14(12)15)17(3)8-7-11(2)18/h5-6,9,11,16,18H,4,7-8,10H2,1-3H3. The van der Waals surface area contributed by atoms with E-state index >= 15 is 0 Å². The molecular formula is C14H23ClN2O. The van der Waals surface area contributed by atoms with Gasteiger partial charge in [0.05, 0.1) is 6.10 Å². The van der Waals surface area contributed by atoms with Crippen LogP contribution in [0.25, 0.3) is 0 Å². The number of nitrogens with zero attached hydrogens (tertiary/aromatic N) is 1. The minimum Gasteiger partial charge on any atom is -0.393 e. The molecule has 0 amide bonds. The smallest absolute Gasteiger partial charge is 0.0528 e. The Kier molecular flexibility index (Phi) is 6.47. The molecule has 0 bridgehead atoms. The Morgan fingerprint density at radius 3 is 2.72 bits per heavy atom. The third-order valence-corrected chi connectivity index (χ3v) is 3.28. The minimum atomic E-state index is -0.268. The van der Waals surface area contributed by atoms with Gasteiger partial charge in [-0.3, -0.25) is 0 Å². The monoisotopic (exact) mass is 270 g/mol. The van der Waals surface area contributed by atoms with Crippen LogP contribution in [-0.2, 0) is 6.54 Å². The summed E-state index contributed by atoms with van der Waals surface area (Å²) in [5.41, 5.74) is 2.20. The van der Waals surface area contributed by atoms with Crippen molar-refractivity contribution in [3.8, 4) is 0 Å². The van der Waals surface area contributed by atoms with Crippen LogP contribution in [0.1, 0.15) is 25.8 Å². The van der Waals surface area contributed by atoms with Gasteiger partial charge in [-0.25, -0.2) is 0 Å². The van der Waals surface area contributed by atoms with Crippen molar-refractivity contribution in [2.24, 2.45) is 0 Å². The van der Waals surface area contributed by atoms with Crippen LogP contribution in [0.15, 0.2) is 18.2 Å². The van der Waals surface area contributed by atoms with Gasteiger partial charge in [0.1, 0.15) is 0 Å². The van der Waals surface area contributed by atoms with Crippen LogP contribution in [-0.4, -0.2) is 31.3 Å². The van der Waals surface area contributed by atoms with Gasteiger partial charge in [-0.15, -0.1) is 0 Å². The fourth-order valence-corrected chi connectivity index (χ4v) is 1.93. The van der Waals surface area contributed by atoms with E-state index < -0.39 is 0 Å². The molecule has 4 heteroatoms. The quantitative estimate of drug-likeness (QED) is 0.800. The number of hydrogen-bond donors (Lipinski definition) is 2. The summed E-state index contributed by atoms with van der Waals surface area (Å²) >= 11 is 6.26. The summed E-state index contributed by atoms with van der Waals surface area (Å²) in [6.45, 7) is 6.44. The first-order valence-electron chi connectivity index (χ1n) is 6.43. The number of halogens is 1. The van der Waals surface area contributed by atoms with Crippen LogP contribution in [0.2, 0.25) is 5.02 Å². The molecule has 0 saturated carbocycles. The lowest BCUT2D eigenvalue weighted by Crippen LogP contribution is -2.22. The molecule has 0 fully saturated rings. The van der Waals surface area contributed by atoms with E-state index in [-0.39, 0.29) is 6.10 Å². The summed E-state index contributed by atoms with van der Waals surface area (Å²) in [6, 6.07) is 6.11. The first kappa shape index (κ1) is 15.3. The molecule has 18 heavy (non-hydrogen) atoms. The van der Waals surface area contributed by atoms with Crippen LogP contribution in [0.5, 0.6) is 0 Å². The lowest BCUT2D eigenvalue weighted by atomic mass is 10.2. The predicted molar refractivity (Wildman–Crippen MR) is 78.4 cm³/mol. The largest absolute Gasteiger partial charge is 0.393 e. The molecule has 0 radical (unpaired) electrons. The number of benzene rings is 1. The maximum absolute atomic E-state index is 9.28. The highest BCUT2D eigenvalue weighted by Gasteiger charge is 2.06. The van der Waals surface area contributed by atoms with Crippen molar-refractivity contribution < 1.29 is 5.11 Å². The average molecular weight is 271 g/mol. The SMILES string of the molecule is CCNCc1ccc(N(C)CCC(C)O)cc1Cl. The molecule has 0 saturated heterocycles. The third-order valence-electron chi connectivity index (χ3n) is 2.93. The third kappa shape index (κ3) is 4.84. The Morgan fingerprint density at radius 2 is 2.17 bits per heavy atom. The summed E-state index contributed by atoms with van der Waals surface area (Å²) in [6.07, 6.45) is 0.490. The zero-order valence-electron chi connectivity index (χ0n) is 11.4. The van der Waals surface area contributed by atoms with E-state index in [1.807, 2.05) is 13.1 Å². The van der Waals surface area contributed by atoms with Crippen molar-refractivity contribution >= 4 is 17.3 Å². The van der Waals surface area contributed by atoms with E-state index in [4.69, 9.17) is 11.6 Å². The molecule has 0 heterocycles. The normalized spacial score (nSPS) is 12.5. The summed E-state index contributed by atoms with van der Waals surface area (Å²) in [7, 11) is 2.01. The number of rotatable bonds is 7. The van der Waals surface area contributed by atoms with Gasteiger partial charge in [0.15, 0.2) is 0 Å². The molecule has 0 aliphatic heterocycles. The molecular weight excluding hydrogens is 248 g/mol. The van der Waals surface area contributed by atoms with Crippen molar-refractivity contribution in [2.75, 3.05) is 25.0 Å². The van der Waals surface area contributed by atoms with Gasteiger partial charge >= 0.3 is 0 Å². The first-order chi connectivity index (χ1) is 8.54. The minimum absolute atomic E-state index is 0.268. The second-order valence-corrected chi connectivity index (χ2v) is 5.02. The Balaban J connectivity index is 2.65. The van der Waals surface area contributed by atoms with E-state index in [0.717, 1.165) is 42.3 Å². The van der Waals surface area contributed by atoms with Gasteiger partial charge in [0, 0.05) is 30.8 Å². The zero-order chi connectivity index (χ0) is 13.5. The van der Waals surface area contributed by atoms with E-state index in [2.05, 4.69) is 29.3 Å². The van der Waals surface area contributed by atoms with E-state index in [0.29, 0.717) is 0 Å². The lowest BCUT2D eigenvalue weighted by Gasteiger charge is -2.21. The van der Waals surface area contributed by atoms with Crippen LogP contribution >= 0.6 is 11.6 Å². The molecule has 0 aliphatic carbocycles. The summed E-state index contributed by atoms with van der Waals surface area (Å²) in [4.78, 5) is 2.11. The Bertz CT molecular complexity index is 369. The molecule has 0 spiro atoms. The lowest BCUT2D eigenvalue weighted by molar-refractivity contribution is 0.187. The molecule has 0 aliphatic rings. The zero-order valence-corrected chi connectivity index (χ0v) is 12.2. The van der Waals surface area contributed by atoms with Gasteiger partial charge in [-0.1, -0.05) is 24.6 Å². The van der Waals surface area contributed by atoms with Crippen LogP contribution in [0.4, 0.5) is 5.69 Å². The number of hydrogen-bond acceptors (Lipinski definition) is 3. The maximum Gasteiger partial charge on any atom is 0.0528 e. The summed E-state index contributed by atoms with van der Waals surface area (Å²) in [5.74, 6) is 0.